The van der Waals surface area contributed by atoms with E-state index < -0.39 is 0 Å². The first-order valence-electron chi connectivity index (χ1n) is 4.82. The Hall–Kier alpha value is -1.52. The molecule has 4 heteroatoms. The Bertz CT molecular complexity index is 493. The van der Waals surface area contributed by atoms with Crippen molar-refractivity contribution < 1.29 is 9.53 Å². The number of ether oxygens (including phenoxy) is 1. The standard InChI is InChI=1S/C12H11NO2S/c1-15-8-9-3-2-4-10(5-9)12-13-6-11(7-14)16-12/h2-7H,8H2,1H3. The van der Waals surface area contributed by atoms with E-state index in [1.165, 1.54) is 11.3 Å². The molecule has 0 fully saturated rings. The summed E-state index contributed by atoms with van der Waals surface area (Å²) < 4.78 is 5.07. The van der Waals surface area contributed by atoms with Gasteiger partial charge < -0.3 is 4.74 Å². The van der Waals surface area contributed by atoms with Crippen LogP contribution in [0.2, 0.25) is 0 Å². The zero-order valence-corrected chi connectivity index (χ0v) is 9.66. The molecular formula is C12H11NO2S. The van der Waals surface area contributed by atoms with E-state index in [2.05, 4.69) is 4.98 Å². The highest BCUT2D eigenvalue weighted by molar-refractivity contribution is 7.16. The van der Waals surface area contributed by atoms with Crippen molar-refractivity contribution in [3.63, 3.8) is 0 Å². The molecule has 16 heavy (non-hydrogen) atoms. The summed E-state index contributed by atoms with van der Waals surface area (Å²) in [4.78, 5) is 15.4. The minimum Gasteiger partial charge on any atom is -0.380 e. The summed E-state index contributed by atoms with van der Waals surface area (Å²) >= 11 is 1.39. The van der Waals surface area contributed by atoms with Crippen LogP contribution in [-0.4, -0.2) is 18.4 Å². The first-order chi connectivity index (χ1) is 7.83. The smallest absolute Gasteiger partial charge is 0.161 e. The van der Waals surface area contributed by atoms with E-state index in [-0.39, 0.29) is 0 Å². The molecule has 0 spiro atoms. The summed E-state index contributed by atoms with van der Waals surface area (Å²) in [6.45, 7) is 0.583. The van der Waals surface area contributed by atoms with Crippen LogP contribution < -0.4 is 0 Å². The number of hydrogen-bond donors (Lipinski definition) is 0. The number of nitrogens with zero attached hydrogens (tertiary/aromatic N) is 1. The molecule has 0 aliphatic rings. The van der Waals surface area contributed by atoms with Gasteiger partial charge in [-0.2, -0.15) is 0 Å². The lowest BCUT2D eigenvalue weighted by Gasteiger charge is -2.01. The zero-order chi connectivity index (χ0) is 11.4. The summed E-state index contributed by atoms with van der Waals surface area (Å²) in [5, 5.41) is 0.861. The molecule has 0 aliphatic carbocycles. The maximum Gasteiger partial charge on any atom is 0.161 e. The van der Waals surface area contributed by atoms with Gasteiger partial charge in [-0.05, 0) is 11.6 Å². The number of aromatic nitrogens is 1. The van der Waals surface area contributed by atoms with Gasteiger partial charge in [0.1, 0.15) is 5.01 Å². The van der Waals surface area contributed by atoms with Gasteiger partial charge in [0.25, 0.3) is 0 Å². The van der Waals surface area contributed by atoms with Crippen LogP contribution in [0, 0.1) is 0 Å². The molecule has 0 bridgehead atoms. The SMILES string of the molecule is COCc1cccc(-c2ncc(C=O)s2)c1. The van der Waals surface area contributed by atoms with Crippen LogP contribution in [0.1, 0.15) is 15.2 Å². The third-order valence-corrected chi connectivity index (χ3v) is 3.10. The van der Waals surface area contributed by atoms with E-state index in [1.54, 1.807) is 13.3 Å². The van der Waals surface area contributed by atoms with Gasteiger partial charge in [-0.25, -0.2) is 4.98 Å². The van der Waals surface area contributed by atoms with Gasteiger partial charge in [0.2, 0.25) is 0 Å². The molecule has 0 aliphatic heterocycles. The highest BCUT2D eigenvalue weighted by atomic mass is 32.1. The van der Waals surface area contributed by atoms with Crippen molar-refractivity contribution in [1.29, 1.82) is 0 Å². The summed E-state index contributed by atoms with van der Waals surface area (Å²) in [5.41, 5.74) is 2.12. The minimum atomic E-state index is 0.583. The molecule has 1 aromatic carbocycles. The molecule has 1 aromatic heterocycles. The van der Waals surface area contributed by atoms with Crippen LogP contribution in [0.3, 0.4) is 0 Å². The molecule has 0 saturated heterocycles. The molecule has 0 radical (unpaired) electrons. The summed E-state index contributed by atoms with van der Waals surface area (Å²) in [7, 11) is 1.67. The van der Waals surface area contributed by atoms with E-state index in [4.69, 9.17) is 4.74 Å². The van der Waals surface area contributed by atoms with E-state index in [1.807, 2.05) is 24.3 Å². The maximum atomic E-state index is 10.6. The predicted octanol–water partition coefficient (Wildman–Crippen LogP) is 2.77. The molecule has 0 atom stereocenters. The number of rotatable bonds is 4. The first kappa shape index (κ1) is 11.0. The average molecular weight is 233 g/mol. The predicted molar refractivity (Wildman–Crippen MR) is 63.7 cm³/mol. The lowest BCUT2D eigenvalue weighted by atomic mass is 10.1. The van der Waals surface area contributed by atoms with Crippen LogP contribution in [0.4, 0.5) is 0 Å². The van der Waals surface area contributed by atoms with Gasteiger partial charge in [0.15, 0.2) is 6.29 Å². The van der Waals surface area contributed by atoms with E-state index in [0.29, 0.717) is 11.5 Å². The molecule has 0 amide bonds. The van der Waals surface area contributed by atoms with Gasteiger partial charge in [0.05, 0.1) is 11.5 Å². The van der Waals surface area contributed by atoms with Crippen molar-refractivity contribution in [1.82, 2.24) is 4.98 Å². The lowest BCUT2D eigenvalue weighted by Crippen LogP contribution is -1.87. The minimum absolute atomic E-state index is 0.583. The molecule has 3 nitrogen and oxygen atoms in total. The molecular weight excluding hydrogens is 222 g/mol. The van der Waals surface area contributed by atoms with Crippen molar-refractivity contribution in [3.05, 3.63) is 40.9 Å². The Labute approximate surface area is 97.7 Å². The fraction of sp³-hybridized carbons (Fsp3) is 0.167. The second-order valence-electron chi connectivity index (χ2n) is 3.32. The third kappa shape index (κ3) is 2.35. The van der Waals surface area contributed by atoms with Gasteiger partial charge >= 0.3 is 0 Å². The number of carbonyl (C=O) groups is 1. The summed E-state index contributed by atoms with van der Waals surface area (Å²) in [5.74, 6) is 0. The maximum absolute atomic E-state index is 10.6. The van der Waals surface area contributed by atoms with Gasteiger partial charge in [-0.15, -0.1) is 11.3 Å². The number of thiazole rings is 1. The monoisotopic (exact) mass is 233 g/mol. The summed E-state index contributed by atoms with van der Waals surface area (Å²) in [6, 6.07) is 7.97. The van der Waals surface area contributed by atoms with Crippen molar-refractivity contribution in [2.45, 2.75) is 6.61 Å². The van der Waals surface area contributed by atoms with Crippen LogP contribution in [-0.2, 0) is 11.3 Å². The largest absolute Gasteiger partial charge is 0.380 e. The number of methoxy groups -OCH3 is 1. The van der Waals surface area contributed by atoms with Gasteiger partial charge in [-0.1, -0.05) is 18.2 Å². The number of aldehydes is 1. The van der Waals surface area contributed by atoms with E-state index in [9.17, 15) is 4.79 Å². The van der Waals surface area contributed by atoms with Crippen molar-refractivity contribution >= 4 is 17.6 Å². The molecule has 2 rings (SSSR count). The molecule has 1 heterocycles. The average Bonchev–Trinajstić information content (AvgIpc) is 2.78. The molecule has 0 saturated carbocycles. The van der Waals surface area contributed by atoms with Crippen LogP contribution in [0.15, 0.2) is 30.5 Å². The van der Waals surface area contributed by atoms with Crippen LogP contribution in [0.5, 0.6) is 0 Å². The Balaban J connectivity index is 2.32. The first-order valence-corrected chi connectivity index (χ1v) is 5.64. The Morgan fingerprint density at radius 3 is 3.06 bits per heavy atom. The Morgan fingerprint density at radius 2 is 2.38 bits per heavy atom. The van der Waals surface area contributed by atoms with Crippen LogP contribution in [0.25, 0.3) is 10.6 Å². The lowest BCUT2D eigenvalue weighted by molar-refractivity contribution is 0.112. The number of hydrogen-bond acceptors (Lipinski definition) is 4. The Morgan fingerprint density at radius 1 is 1.50 bits per heavy atom. The number of benzene rings is 1. The normalized spacial score (nSPS) is 10.3. The molecule has 0 unspecified atom stereocenters. The fourth-order valence-electron chi connectivity index (χ4n) is 1.44. The quantitative estimate of drug-likeness (QED) is 0.762. The van der Waals surface area contributed by atoms with Crippen molar-refractivity contribution in [2.24, 2.45) is 0 Å². The number of carbonyl (C=O) groups excluding carboxylic acids is 1. The van der Waals surface area contributed by atoms with E-state index in [0.717, 1.165) is 22.4 Å². The summed E-state index contributed by atoms with van der Waals surface area (Å²) in [6.07, 6.45) is 2.41. The fourth-order valence-corrected chi connectivity index (χ4v) is 2.16. The highest BCUT2D eigenvalue weighted by Crippen LogP contribution is 2.25. The Kier molecular flexibility index (Phi) is 3.44. The molecule has 82 valence electrons. The van der Waals surface area contributed by atoms with Crippen molar-refractivity contribution in [3.8, 4) is 10.6 Å². The highest BCUT2D eigenvalue weighted by Gasteiger charge is 2.04. The topological polar surface area (TPSA) is 39.2 Å². The second-order valence-corrected chi connectivity index (χ2v) is 4.38. The van der Waals surface area contributed by atoms with Crippen LogP contribution >= 0.6 is 11.3 Å². The van der Waals surface area contributed by atoms with Gasteiger partial charge in [0, 0.05) is 18.9 Å². The zero-order valence-electron chi connectivity index (χ0n) is 8.84. The molecule has 0 N–H and O–H groups in total. The third-order valence-electron chi connectivity index (χ3n) is 2.12. The molecule has 2 aromatic rings. The van der Waals surface area contributed by atoms with E-state index >= 15 is 0 Å². The van der Waals surface area contributed by atoms with Crippen molar-refractivity contribution in [2.75, 3.05) is 7.11 Å². The second kappa shape index (κ2) is 5.01. The van der Waals surface area contributed by atoms with Gasteiger partial charge in [-0.3, -0.25) is 4.79 Å².